The molecule has 3 aromatic carbocycles. The zero-order chi connectivity index (χ0) is 27.5. The molecule has 0 heterocycles. The normalized spacial score (nSPS) is 10.5. The Hall–Kier alpha value is -4.26. The number of halogens is 2. The Morgan fingerprint density at radius 1 is 0.763 bits per heavy atom. The van der Waals surface area contributed by atoms with E-state index in [0.29, 0.717) is 30.1 Å². The van der Waals surface area contributed by atoms with E-state index >= 15 is 4.39 Å². The van der Waals surface area contributed by atoms with Gasteiger partial charge in [-0.2, -0.15) is 0 Å². The Kier molecular flexibility index (Phi) is 10.3. The lowest BCUT2D eigenvalue weighted by atomic mass is 9.96. The first-order chi connectivity index (χ1) is 18.3. The molecule has 0 N–H and O–H groups in total. The average molecular weight is 521 g/mol. The van der Waals surface area contributed by atoms with E-state index in [1.54, 1.807) is 36.4 Å². The van der Waals surface area contributed by atoms with Crippen molar-refractivity contribution in [3.8, 4) is 33.8 Å². The van der Waals surface area contributed by atoms with Crippen molar-refractivity contribution < 1.29 is 32.6 Å². The highest BCUT2D eigenvalue weighted by Crippen LogP contribution is 2.33. The molecule has 3 rings (SSSR count). The van der Waals surface area contributed by atoms with Crippen molar-refractivity contribution in [2.45, 2.75) is 32.6 Å². The molecule has 38 heavy (non-hydrogen) atoms. The molecule has 0 spiro atoms. The summed E-state index contributed by atoms with van der Waals surface area (Å²) < 4.78 is 45.3. The van der Waals surface area contributed by atoms with Crippen LogP contribution in [-0.2, 0) is 14.3 Å². The standard InChI is InChI=1S/C31H30F2O5/c1-4-30(34)37-17-9-7-6-8-16-36-29-15-11-23(20-28(29)33)26-13-10-22(19-27(26)32)25-14-12-24(18-21(25)3)38-31(35)5-2/h4-5,10-15,18-20H,1-2,6-9,16-17H2,3H3. The molecule has 0 aliphatic heterocycles. The Balaban J connectivity index is 1.58. The SMILES string of the molecule is C=CC(=O)OCCCCCCOc1ccc(-c2ccc(-c3ccc(OC(=O)C=C)cc3C)cc2F)cc1F. The fourth-order valence-electron chi connectivity index (χ4n) is 3.86. The number of unbranched alkanes of at least 4 members (excludes halogenated alkanes) is 3. The molecule has 3 aromatic rings. The molecule has 0 aromatic heterocycles. The van der Waals surface area contributed by atoms with Crippen LogP contribution in [0.15, 0.2) is 79.9 Å². The van der Waals surface area contributed by atoms with Gasteiger partial charge in [-0.15, -0.1) is 0 Å². The zero-order valence-electron chi connectivity index (χ0n) is 21.3. The minimum absolute atomic E-state index is 0.110. The monoisotopic (exact) mass is 520 g/mol. The summed E-state index contributed by atoms with van der Waals surface area (Å²) >= 11 is 0. The van der Waals surface area contributed by atoms with Crippen LogP contribution in [0.2, 0.25) is 0 Å². The number of hydrogen-bond donors (Lipinski definition) is 0. The van der Waals surface area contributed by atoms with Crippen LogP contribution in [0.4, 0.5) is 8.78 Å². The summed E-state index contributed by atoms with van der Waals surface area (Å²) in [7, 11) is 0. The fourth-order valence-corrected chi connectivity index (χ4v) is 3.86. The van der Waals surface area contributed by atoms with E-state index in [-0.39, 0.29) is 11.3 Å². The van der Waals surface area contributed by atoms with E-state index in [1.807, 2.05) is 6.92 Å². The third-order valence-corrected chi connectivity index (χ3v) is 5.81. The van der Waals surface area contributed by atoms with Crippen LogP contribution in [0.5, 0.6) is 11.5 Å². The Morgan fingerprint density at radius 2 is 1.39 bits per heavy atom. The molecule has 0 aliphatic rings. The minimum Gasteiger partial charge on any atom is -0.491 e. The highest BCUT2D eigenvalue weighted by Gasteiger charge is 2.13. The second-order valence-corrected chi connectivity index (χ2v) is 8.58. The molecule has 7 heteroatoms. The van der Waals surface area contributed by atoms with E-state index in [1.165, 1.54) is 18.2 Å². The molecular weight excluding hydrogens is 490 g/mol. The van der Waals surface area contributed by atoms with Crippen LogP contribution in [0.1, 0.15) is 31.2 Å². The van der Waals surface area contributed by atoms with E-state index in [9.17, 15) is 14.0 Å². The molecule has 0 radical (unpaired) electrons. The summed E-state index contributed by atoms with van der Waals surface area (Å²) in [5.74, 6) is -1.56. The lowest BCUT2D eigenvalue weighted by Crippen LogP contribution is -2.03. The lowest BCUT2D eigenvalue weighted by Gasteiger charge is -2.12. The number of hydrogen-bond acceptors (Lipinski definition) is 5. The van der Waals surface area contributed by atoms with Gasteiger partial charge < -0.3 is 14.2 Å². The number of benzene rings is 3. The molecule has 0 atom stereocenters. The number of esters is 2. The van der Waals surface area contributed by atoms with Gasteiger partial charge >= 0.3 is 11.9 Å². The van der Waals surface area contributed by atoms with Crippen molar-refractivity contribution in [1.29, 1.82) is 0 Å². The molecule has 0 aliphatic carbocycles. The van der Waals surface area contributed by atoms with E-state index in [4.69, 9.17) is 14.2 Å². The van der Waals surface area contributed by atoms with Crippen molar-refractivity contribution in [3.63, 3.8) is 0 Å². The Labute approximate surface area is 221 Å². The van der Waals surface area contributed by atoms with Crippen LogP contribution in [0.25, 0.3) is 22.3 Å². The summed E-state index contributed by atoms with van der Waals surface area (Å²) in [5, 5.41) is 0. The predicted octanol–water partition coefficient (Wildman–Crippen LogP) is 7.37. The Bertz CT molecular complexity index is 1320. The Morgan fingerprint density at radius 3 is 2.05 bits per heavy atom. The molecule has 198 valence electrons. The molecule has 0 unspecified atom stereocenters. The largest absolute Gasteiger partial charge is 0.491 e. The van der Waals surface area contributed by atoms with Gasteiger partial charge in [0.15, 0.2) is 11.6 Å². The van der Waals surface area contributed by atoms with Crippen LogP contribution in [0, 0.1) is 18.6 Å². The van der Waals surface area contributed by atoms with Crippen molar-refractivity contribution >= 4 is 11.9 Å². The van der Waals surface area contributed by atoms with Gasteiger partial charge in [0.05, 0.1) is 13.2 Å². The molecule has 5 nitrogen and oxygen atoms in total. The summed E-state index contributed by atoms with van der Waals surface area (Å²) in [5.41, 5.74) is 2.89. The van der Waals surface area contributed by atoms with Gasteiger partial charge in [0.1, 0.15) is 11.6 Å². The molecular formula is C31H30F2O5. The van der Waals surface area contributed by atoms with Crippen LogP contribution >= 0.6 is 0 Å². The maximum atomic E-state index is 15.1. The van der Waals surface area contributed by atoms with Gasteiger partial charge in [-0.25, -0.2) is 18.4 Å². The summed E-state index contributed by atoms with van der Waals surface area (Å²) in [6.45, 7) is 9.23. The van der Waals surface area contributed by atoms with Gasteiger partial charge in [0, 0.05) is 17.7 Å². The number of carbonyl (C=O) groups excluding carboxylic acids is 2. The topological polar surface area (TPSA) is 61.8 Å². The van der Waals surface area contributed by atoms with Gasteiger partial charge in [-0.3, -0.25) is 0 Å². The third kappa shape index (κ3) is 7.87. The van der Waals surface area contributed by atoms with Crippen molar-refractivity contribution in [1.82, 2.24) is 0 Å². The summed E-state index contributed by atoms with van der Waals surface area (Å²) in [6, 6.07) is 14.2. The molecule has 0 saturated heterocycles. The summed E-state index contributed by atoms with van der Waals surface area (Å²) in [4.78, 5) is 22.4. The average Bonchev–Trinajstić information content (AvgIpc) is 2.90. The van der Waals surface area contributed by atoms with Crippen LogP contribution < -0.4 is 9.47 Å². The molecule has 0 fully saturated rings. The first kappa shape index (κ1) is 28.3. The van der Waals surface area contributed by atoms with Gasteiger partial charge in [0.25, 0.3) is 0 Å². The smallest absolute Gasteiger partial charge is 0.335 e. The van der Waals surface area contributed by atoms with E-state index in [2.05, 4.69) is 13.2 Å². The van der Waals surface area contributed by atoms with Crippen LogP contribution in [0.3, 0.4) is 0 Å². The number of rotatable bonds is 13. The van der Waals surface area contributed by atoms with Crippen LogP contribution in [-0.4, -0.2) is 25.2 Å². The van der Waals surface area contributed by atoms with E-state index < -0.39 is 23.6 Å². The lowest BCUT2D eigenvalue weighted by molar-refractivity contribution is -0.137. The van der Waals surface area contributed by atoms with Gasteiger partial charge in [-0.1, -0.05) is 37.4 Å². The van der Waals surface area contributed by atoms with E-state index in [0.717, 1.165) is 49.0 Å². The summed E-state index contributed by atoms with van der Waals surface area (Å²) in [6.07, 6.45) is 5.38. The minimum atomic E-state index is -0.567. The highest BCUT2D eigenvalue weighted by molar-refractivity contribution is 5.83. The molecule has 0 saturated carbocycles. The quantitative estimate of drug-likeness (QED) is 0.102. The first-order valence-electron chi connectivity index (χ1n) is 12.3. The highest BCUT2D eigenvalue weighted by atomic mass is 19.1. The number of ether oxygens (including phenoxy) is 3. The van der Waals surface area contributed by atoms with Crippen molar-refractivity contribution in [3.05, 3.63) is 97.1 Å². The van der Waals surface area contributed by atoms with Crippen molar-refractivity contribution in [2.24, 2.45) is 0 Å². The maximum Gasteiger partial charge on any atom is 0.335 e. The zero-order valence-corrected chi connectivity index (χ0v) is 21.3. The third-order valence-electron chi connectivity index (χ3n) is 5.81. The first-order valence-corrected chi connectivity index (χ1v) is 12.3. The molecule has 0 amide bonds. The fraction of sp³-hybridized carbons (Fsp3) is 0.226. The van der Waals surface area contributed by atoms with Gasteiger partial charge in [-0.05, 0) is 85.2 Å². The number of carbonyl (C=O) groups is 2. The van der Waals surface area contributed by atoms with Gasteiger partial charge in [0.2, 0.25) is 0 Å². The van der Waals surface area contributed by atoms with Crippen molar-refractivity contribution in [2.75, 3.05) is 13.2 Å². The second kappa shape index (κ2) is 13.9. The second-order valence-electron chi connectivity index (χ2n) is 8.58. The molecule has 0 bridgehead atoms. The maximum absolute atomic E-state index is 15.1. The number of aryl methyl sites for hydroxylation is 1. The predicted molar refractivity (Wildman–Crippen MR) is 143 cm³/mol.